The molecule has 0 fully saturated rings. The number of carbonyl (C=O) groups excluding carboxylic acids is 2. The molecule has 0 bridgehead atoms. The summed E-state index contributed by atoms with van der Waals surface area (Å²) in [7, 11) is 0. The minimum atomic E-state index is -1.96. The molecule has 0 aromatic carbocycles. The zero-order chi connectivity index (χ0) is 7.44. The third-order valence-corrected chi connectivity index (χ3v) is 0.632. The molecule has 0 saturated carbocycles. The maximum Gasteiger partial charge on any atom is 3.00 e. The standard InChI is InChI=1S/C4H6O5.Al/c5-2(4(8)9)1-3(6)7;/h2,5H,1H2,(H,6,7)(H,8,9);/q;+3/p-2. The SMILES string of the molecule is O=C([O-])CC(O)C(=O)[O-].[Al+3]. The van der Waals surface area contributed by atoms with Gasteiger partial charge >= 0.3 is 17.4 Å². The normalized spacial score (nSPS) is 11.3. The minimum absolute atomic E-state index is 0. The molecule has 1 N–H and O–H groups in total. The fourth-order valence-electron chi connectivity index (χ4n) is 0.241. The van der Waals surface area contributed by atoms with Gasteiger partial charge in [0.05, 0.1) is 12.1 Å². The van der Waals surface area contributed by atoms with Crippen LogP contribution < -0.4 is 10.2 Å². The molecule has 0 rings (SSSR count). The van der Waals surface area contributed by atoms with Crippen molar-refractivity contribution in [2.45, 2.75) is 12.5 Å². The van der Waals surface area contributed by atoms with Gasteiger partial charge in [0.1, 0.15) is 0 Å². The Balaban J connectivity index is 0. The van der Waals surface area contributed by atoms with Crippen LogP contribution in [0.5, 0.6) is 0 Å². The van der Waals surface area contributed by atoms with Gasteiger partial charge in [0.15, 0.2) is 0 Å². The molecule has 0 spiro atoms. The summed E-state index contributed by atoms with van der Waals surface area (Å²) in [6.45, 7) is 0. The number of rotatable bonds is 3. The van der Waals surface area contributed by atoms with Crippen molar-refractivity contribution in [1.82, 2.24) is 0 Å². The smallest absolute Gasteiger partial charge is 0.550 e. The maximum atomic E-state index is 9.58. The number of aliphatic carboxylic acids is 2. The van der Waals surface area contributed by atoms with E-state index in [-0.39, 0.29) is 17.4 Å². The van der Waals surface area contributed by atoms with Gasteiger partial charge in [0.25, 0.3) is 0 Å². The number of hydrogen-bond donors (Lipinski definition) is 1. The van der Waals surface area contributed by atoms with Crippen LogP contribution in [-0.2, 0) is 9.59 Å². The Morgan fingerprint density at radius 2 is 1.80 bits per heavy atom. The van der Waals surface area contributed by atoms with Crippen molar-refractivity contribution < 1.29 is 24.9 Å². The van der Waals surface area contributed by atoms with Crippen LogP contribution in [0.25, 0.3) is 0 Å². The fourth-order valence-corrected chi connectivity index (χ4v) is 0.241. The summed E-state index contributed by atoms with van der Waals surface area (Å²) < 4.78 is 0. The average molecular weight is 159 g/mol. The van der Waals surface area contributed by atoms with E-state index in [1.807, 2.05) is 0 Å². The van der Waals surface area contributed by atoms with Crippen molar-refractivity contribution in [2.75, 3.05) is 0 Å². The molecular weight excluding hydrogens is 155 g/mol. The van der Waals surface area contributed by atoms with E-state index in [0.717, 1.165) is 0 Å². The van der Waals surface area contributed by atoms with Crippen LogP contribution in [0.1, 0.15) is 6.42 Å². The molecule has 0 radical (unpaired) electrons. The van der Waals surface area contributed by atoms with E-state index in [9.17, 15) is 19.8 Å². The number of carboxylic acid groups (broad SMARTS) is 2. The molecule has 5 nitrogen and oxygen atoms in total. The van der Waals surface area contributed by atoms with Crippen molar-refractivity contribution in [1.29, 1.82) is 0 Å². The molecule has 0 aliphatic carbocycles. The van der Waals surface area contributed by atoms with E-state index in [0.29, 0.717) is 0 Å². The van der Waals surface area contributed by atoms with E-state index < -0.39 is 24.5 Å². The second kappa shape index (κ2) is 5.24. The van der Waals surface area contributed by atoms with Crippen molar-refractivity contribution in [3.8, 4) is 0 Å². The van der Waals surface area contributed by atoms with Gasteiger partial charge in [-0.3, -0.25) is 0 Å². The van der Waals surface area contributed by atoms with Crippen LogP contribution in [0.15, 0.2) is 0 Å². The monoisotopic (exact) mass is 159 g/mol. The first-order valence-electron chi connectivity index (χ1n) is 2.13. The molecule has 1 atom stereocenters. The van der Waals surface area contributed by atoms with Gasteiger partial charge in [0.2, 0.25) is 0 Å². The Bertz CT molecular complexity index is 134. The topological polar surface area (TPSA) is 100 Å². The zero-order valence-electron chi connectivity index (χ0n) is 4.94. The summed E-state index contributed by atoms with van der Waals surface area (Å²) in [4.78, 5) is 19.1. The van der Waals surface area contributed by atoms with Gasteiger partial charge in [0, 0.05) is 12.4 Å². The second-order valence-corrected chi connectivity index (χ2v) is 1.41. The Kier molecular flexibility index (Phi) is 6.36. The molecule has 52 valence electrons. The van der Waals surface area contributed by atoms with Crippen molar-refractivity contribution in [3.05, 3.63) is 0 Å². The quantitative estimate of drug-likeness (QED) is 0.421. The van der Waals surface area contributed by atoms with Crippen LogP contribution in [0, 0.1) is 0 Å². The van der Waals surface area contributed by atoms with Crippen LogP contribution in [-0.4, -0.2) is 40.5 Å². The summed E-state index contributed by atoms with van der Waals surface area (Å²) in [5, 5.41) is 27.3. The van der Waals surface area contributed by atoms with Gasteiger partial charge in [-0.05, 0) is 0 Å². The van der Waals surface area contributed by atoms with E-state index >= 15 is 0 Å². The number of carboxylic acids is 2. The zero-order valence-corrected chi connectivity index (χ0v) is 6.10. The van der Waals surface area contributed by atoms with E-state index in [2.05, 4.69) is 0 Å². The van der Waals surface area contributed by atoms with Crippen molar-refractivity contribution >= 4 is 29.3 Å². The summed E-state index contributed by atoms with van der Waals surface area (Å²) in [5.41, 5.74) is 0. The third-order valence-electron chi connectivity index (χ3n) is 0.632. The minimum Gasteiger partial charge on any atom is -0.550 e. The van der Waals surface area contributed by atoms with Crippen LogP contribution in [0.2, 0.25) is 0 Å². The van der Waals surface area contributed by atoms with Crippen molar-refractivity contribution in [3.63, 3.8) is 0 Å². The first-order valence-corrected chi connectivity index (χ1v) is 2.13. The number of aliphatic hydroxyl groups is 1. The van der Waals surface area contributed by atoms with Crippen LogP contribution in [0.4, 0.5) is 0 Å². The molecule has 0 amide bonds. The first kappa shape index (κ1) is 12.1. The summed E-state index contributed by atoms with van der Waals surface area (Å²) in [6, 6.07) is 0. The molecule has 1 unspecified atom stereocenters. The first-order chi connectivity index (χ1) is 4.04. The summed E-state index contributed by atoms with van der Waals surface area (Å²) in [6.07, 6.45) is -2.89. The molecule has 0 aliphatic heterocycles. The predicted octanol–water partition coefficient (Wildman–Crippen LogP) is -4.14. The summed E-state index contributed by atoms with van der Waals surface area (Å²) >= 11 is 0. The predicted molar refractivity (Wildman–Crippen MR) is 26.4 cm³/mol. The molecule has 0 heterocycles. The van der Waals surface area contributed by atoms with Crippen LogP contribution in [0.3, 0.4) is 0 Å². The second-order valence-electron chi connectivity index (χ2n) is 1.41. The Morgan fingerprint density at radius 1 is 1.40 bits per heavy atom. The fraction of sp³-hybridized carbons (Fsp3) is 0.500. The van der Waals surface area contributed by atoms with Gasteiger partial charge < -0.3 is 24.9 Å². The van der Waals surface area contributed by atoms with Gasteiger partial charge in [-0.25, -0.2) is 0 Å². The van der Waals surface area contributed by atoms with E-state index in [1.54, 1.807) is 0 Å². The Labute approximate surface area is 67.4 Å². The number of aliphatic hydroxyl groups excluding tert-OH is 1. The molecule has 10 heavy (non-hydrogen) atoms. The van der Waals surface area contributed by atoms with Crippen molar-refractivity contribution in [2.24, 2.45) is 0 Å². The van der Waals surface area contributed by atoms with Gasteiger partial charge in [-0.2, -0.15) is 0 Å². The largest absolute Gasteiger partial charge is 3.00 e. The maximum absolute atomic E-state index is 9.58. The number of carbonyl (C=O) groups is 2. The molecule has 6 heteroatoms. The number of hydrogen-bond acceptors (Lipinski definition) is 5. The molecule has 0 saturated heterocycles. The third kappa shape index (κ3) is 5.57. The molecule has 0 aromatic heterocycles. The summed E-state index contributed by atoms with van der Waals surface area (Å²) in [5.74, 6) is -3.43. The van der Waals surface area contributed by atoms with Gasteiger partial charge in [-0.15, -0.1) is 0 Å². The Morgan fingerprint density at radius 3 is 1.90 bits per heavy atom. The van der Waals surface area contributed by atoms with Crippen LogP contribution >= 0.6 is 0 Å². The molecular formula is C4H4AlO5+. The average Bonchev–Trinajstić information content (AvgIpc) is 1.63. The van der Waals surface area contributed by atoms with Gasteiger partial charge in [-0.1, -0.05) is 0 Å². The molecule has 0 aromatic rings. The Hall–Kier alpha value is -0.568. The van der Waals surface area contributed by atoms with E-state index in [1.165, 1.54) is 0 Å². The molecule has 0 aliphatic rings. The van der Waals surface area contributed by atoms with E-state index in [4.69, 9.17) is 5.11 Å².